The SMILES string of the molecule is Nc1ncnc2c1ncc(=O)n2C1OC(CO)[C@@H](O)[C@H]1O. The molecule has 1 fully saturated rings. The van der Waals surface area contributed by atoms with Crippen LogP contribution in [0.1, 0.15) is 6.23 Å². The zero-order chi connectivity index (χ0) is 15.1. The maximum atomic E-state index is 12.0. The third kappa shape index (κ3) is 2.05. The molecule has 2 aromatic heterocycles. The highest BCUT2D eigenvalue weighted by Gasteiger charge is 2.44. The number of nitrogens with two attached hydrogens (primary N) is 1. The predicted molar refractivity (Wildman–Crippen MR) is 69.0 cm³/mol. The standard InChI is InChI=1S/C11H13N5O5/c12-9-6-10(15-3-14-9)16(5(18)1-13-6)11-8(20)7(19)4(2-17)21-11/h1,3-4,7-8,11,17,19-20H,2H2,(H2,12,14,15)/t4?,7-,8-,11?/m1/s1. The quantitative estimate of drug-likeness (QED) is 0.465. The summed E-state index contributed by atoms with van der Waals surface area (Å²) in [4.78, 5) is 23.6. The Labute approximate surface area is 117 Å². The smallest absolute Gasteiger partial charge is 0.272 e. The molecule has 2 aromatic rings. The van der Waals surface area contributed by atoms with Crippen molar-refractivity contribution < 1.29 is 20.1 Å². The molecule has 3 rings (SSSR count). The molecule has 0 spiro atoms. The summed E-state index contributed by atoms with van der Waals surface area (Å²) in [6, 6.07) is 0. The fraction of sp³-hybridized carbons (Fsp3) is 0.455. The van der Waals surface area contributed by atoms with Crippen molar-refractivity contribution in [3.8, 4) is 0 Å². The number of nitrogens with zero attached hydrogens (tertiary/aromatic N) is 4. The number of aromatic nitrogens is 4. The maximum Gasteiger partial charge on any atom is 0.272 e. The van der Waals surface area contributed by atoms with E-state index in [2.05, 4.69) is 15.0 Å². The molecule has 2 unspecified atom stereocenters. The predicted octanol–water partition coefficient (Wildman–Crippen LogP) is -2.62. The molecule has 1 aliphatic rings. The first kappa shape index (κ1) is 13.8. The molecule has 0 saturated carbocycles. The van der Waals surface area contributed by atoms with Gasteiger partial charge in [-0.25, -0.2) is 15.0 Å². The van der Waals surface area contributed by atoms with Crippen LogP contribution in [0, 0.1) is 0 Å². The van der Waals surface area contributed by atoms with E-state index in [1.807, 2.05) is 0 Å². The third-order valence-corrected chi connectivity index (χ3v) is 3.37. The van der Waals surface area contributed by atoms with Crippen LogP contribution in [0.15, 0.2) is 17.3 Å². The second kappa shape index (κ2) is 5.00. The Morgan fingerprint density at radius 3 is 2.71 bits per heavy atom. The number of anilines is 1. The first-order valence-corrected chi connectivity index (χ1v) is 6.14. The third-order valence-electron chi connectivity index (χ3n) is 3.37. The van der Waals surface area contributed by atoms with Crippen LogP contribution < -0.4 is 11.3 Å². The molecule has 0 aromatic carbocycles. The molecule has 10 nitrogen and oxygen atoms in total. The van der Waals surface area contributed by atoms with Crippen molar-refractivity contribution >= 4 is 17.0 Å². The van der Waals surface area contributed by atoms with Gasteiger partial charge in [0, 0.05) is 0 Å². The lowest BCUT2D eigenvalue weighted by Crippen LogP contribution is -2.35. The van der Waals surface area contributed by atoms with Crippen LogP contribution >= 0.6 is 0 Å². The van der Waals surface area contributed by atoms with Crippen molar-refractivity contribution in [2.45, 2.75) is 24.5 Å². The highest BCUT2D eigenvalue weighted by molar-refractivity contribution is 5.80. The van der Waals surface area contributed by atoms with Crippen molar-refractivity contribution in [1.29, 1.82) is 0 Å². The van der Waals surface area contributed by atoms with E-state index in [9.17, 15) is 15.0 Å². The number of nitrogen functional groups attached to an aromatic ring is 1. The number of fused-ring (bicyclic) bond motifs is 1. The van der Waals surface area contributed by atoms with Gasteiger partial charge < -0.3 is 25.8 Å². The molecule has 4 atom stereocenters. The molecule has 0 bridgehead atoms. The van der Waals surface area contributed by atoms with Crippen LogP contribution in [0.3, 0.4) is 0 Å². The van der Waals surface area contributed by atoms with E-state index in [1.165, 1.54) is 0 Å². The van der Waals surface area contributed by atoms with E-state index >= 15 is 0 Å². The molecule has 0 aliphatic carbocycles. The van der Waals surface area contributed by atoms with Gasteiger partial charge in [0.25, 0.3) is 5.56 Å². The van der Waals surface area contributed by atoms with Gasteiger partial charge in [-0.1, -0.05) is 0 Å². The number of ether oxygens (including phenoxy) is 1. The van der Waals surface area contributed by atoms with Crippen LogP contribution in [-0.2, 0) is 4.74 Å². The maximum absolute atomic E-state index is 12.0. The first-order valence-electron chi connectivity index (χ1n) is 6.14. The average Bonchev–Trinajstić information content (AvgIpc) is 2.75. The van der Waals surface area contributed by atoms with Gasteiger partial charge in [0.15, 0.2) is 17.7 Å². The minimum absolute atomic E-state index is 0.0699. The number of hydrogen-bond acceptors (Lipinski definition) is 9. The highest BCUT2D eigenvalue weighted by atomic mass is 16.6. The van der Waals surface area contributed by atoms with Gasteiger partial charge in [-0.05, 0) is 0 Å². The second-order valence-electron chi connectivity index (χ2n) is 4.63. The minimum atomic E-state index is -1.40. The lowest BCUT2D eigenvalue weighted by molar-refractivity contribution is -0.0525. The molecular formula is C11H13N5O5. The summed E-state index contributed by atoms with van der Waals surface area (Å²) in [5, 5.41) is 28.9. The minimum Gasteiger partial charge on any atom is -0.394 e. The van der Waals surface area contributed by atoms with Gasteiger partial charge >= 0.3 is 0 Å². The second-order valence-corrected chi connectivity index (χ2v) is 4.63. The lowest BCUT2D eigenvalue weighted by atomic mass is 10.1. The van der Waals surface area contributed by atoms with Crippen LogP contribution in [0.4, 0.5) is 5.82 Å². The topological polar surface area (TPSA) is 157 Å². The Kier molecular flexibility index (Phi) is 3.29. The van der Waals surface area contributed by atoms with Crippen molar-refractivity contribution in [2.24, 2.45) is 0 Å². The lowest BCUT2D eigenvalue weighted by Gasteiger charge is -2.18. The van der Waals surface area contributed by atoms with Gasteiger partial charge in [0.1, 0.15) is 30.2 Å². The molecule has 0 amide bonds. The summed E-state index contributed by atoms with van der Waals surface area (Å²) in [6.45, 7) is -0.496. The molecule has 3 heterocycles. The van der Waals surface area contributed by atoms with Gasteiger partial charge in [0.05, 0.1) is 12.8 Å². The molecular weight excluding hydrogens is 282 g/mol. The van der Waals surface area contributed by atoms with E-state index < -0.39 is 36.7 Å². The molecule has 1 saturated heterocycles. The zero-order valence-electron chi connectivity index (χ0n) is 10.7. The van der Waals surface area contributed by atoms with E-state index in [1.54, 1.807) is 0 Å². The van der Waals surface area contributed by atoms with Crippen LogP contribution in [-0.4, -0.2) is 59.8 Å². The average molecular weight is 295 g/mol. The Bertz CT molecular complexity index is 735. The largest absolute Gasteiger partial charge is 0.394 e. The Balaban J connectivity index is 2.19. The molecule has 1 aliphatic heterocycles. The summed E-state index contributed by atoms with van der Waals surface area (Å²) in [6.07, 6.45) is -2.78. The molecule has 5 N–H and O–H groups in total. The summed E-state index contributed by atoms with van der Waals surface area (Å²) in [5.74, 6) is 0.0699. The van der Waals surface area contributed by atoms with Crippen molar-refractivity contribution in [3.63, 3.8) is 0 Å². The van der Waals surface area contributed by atoms with E-state index in [-0.39, 0.29) is 17.0 Å². The van der Waals surface area contributed by atoms with Crippen molar-refractivity contribution in [1.82, 2.24) is 19.5 Å². The number of aliphatic hydroxyl groups excluding tert-OH is 3. The molecule has 10 heteroatoms. The normalized spacial score (nSPS) is 29.1. The fourth-order valence-electron chi connectivity index (χ4n) is 2.31. The van der Waals surface area contributed by atoms with Crippen LogP contribution in [0.2, 0.25) is 0 Å². The van der Waals surface area contributed by atoms with Crippen LogP contribution in [0.25, 0.3) is 11.2 Å². The first-order chi connectivity index (χ1) is 10.0. The summed E-state index contributed by atoms with van der Waals surface area (Å²) >= 11 is 0. The van der Waals surface area contributed by atoms with Crippen LogP contribution in [0.5, 0.6) is 0 Å². The summed E-state index contributed by atoms with van der Waals surface area (Å²) < 4.78 is 6.37. The van der Waals surface area contributed by atoms with Gasteiger partial charge in [0.2, 0.25) is 0 Å². The number of aliphatic hydroxyl groups is 3. The molecule has 112 valence electrons. The zero-order valence-corrected chi connectivity index (χ0v) is 10.7. The fourth-order valence-corrected chi connectivity index (χ4v) is 2.31. The summed E-state index contributed by atoms with van der Waals surface area (Å²) in [7, 11) is 0. The van der Waals surface area contributed by atoms with Crippen molar-refractivity contribution in [3.05, 3.63) is 22.9 Å². The Morgan fingerprint density at radius 1 is 1.29 bits per heavy atom. The molecule has 21 heavy (non-hydrogen) atoms. The Hall–Kier alpha value is -2.14. The van der Waals surface area contributed by atoms with Gasteiger partial charge in [-0.2, -0.15) is 0 Å². The van der Waals surface area contributed by atoms with E-state index in [0.29, 0.717) is 0 Å². The van der Waals surface area contributed by atoms with Gasteiger partial charge in [-0.3, -0.25) is 9.36 Å². The Morgan fingerprint density at radius 2 is 2.05 bits per heavy atom. The van der Waals surface area contributed by atoms with E-state index in [0.717, 1.165) is 17.1 Å². The highest BCUT2D eigenvalue weighted by Crippen LogP contribution is 2.29. The monoisotopic (exact) mass is 295 g/mol. The van der Waals surface area contributed by atoms with Crippen molar-refractivity contribution in [2.75, 3.05) is 12.3 Å². The van der Waals surface area contributed by atoms with E-state index in [4.69, 9.17) is 15.6 Å². The molecule has 0 radical (unpaired) electrons. The number of hydrogen-bond donors (Lipinski definition) is 4. The summed E-state index contributed by atoms with van der Waals surface area (Å²) in [5.41, 5.74) is 5.33. The number of rotatable bonds is 2. The van der Waals surface area contributed by atoms with Gasteiger partial charge in [-0.15, -0.1) is 0 Å².